The van der Waals surface area contributed by atoms with E-state index in [9.17, 15) is 0 Å². The van der Waals surface area contributed by atoms with Crippen molar-refractivity contribution in [3.8, 4) is 0 Å². The standard InChI is InChI=1S/C17H27N3OS2/c22-17(19-14-5-2-1-3-6-14)18-13-15(16-7-4-12-23-16)20-8-10-21-11-9-20/h4,7,12,14-15H,1-3,5-6,8-11,13H2,(H2,18,19,22)/t15-/m1/s1. The molecule has 2 aliphatic rings. The van der Waals surface area contributed by atoms with E-state index in [2.05, 4.69) is 33.0 Å². The summed E-state index contributed by atoms with van der Waals surface area (Å²) >= 11 is 7.35. The molecule has 0 amide bonds. The van der Waals surface area contributed by atoms with Crippen molar-refractivity contribution in [1.29, 1.82) is 0 Å². The maximum Gasteiger partial charge on any atom is 0.166 e. The van der Waals surface area contributed by atoms with Gasteiger partial charge >= 0.3 is 0 Å². The van der Waals surface area contributed by atoms with Gasteiger partial charge in [0.15, 0.2) is 5.11 Å². The Morgan fingerprint density at radius 1 is 1.30 bits per heavy atom. The first-order chi connectivity index (χ1) is 11.3. The molecular weight excluding hydrogens is 326 g/mol. The fourth-order valence-electron chi connectivity index (χ4n) is 3.45. The predicted octanol–water partition coefficient (Wildman–Crippen LogP) is 2.92. The molecule has 6 heteroatoms. The minimum atomic E-state index is 0.380. The van der Waals surface area contributed by atoms with Gasteiger partial charge in [-0.2, -0.15) is 0 Å². The Bertz CT molecular complexity index is 468. The number of hydrogen-bond donors (Lipinski definition) is 2. The minimum absolute atomic E-state index is 0.380. The van der Waals surface area contributed by atoms with Crippen molar-refractivity contribution in [3.05, 3.63) is 22.4 Å². The molecule has 23 heavy (non-hydrogen) atoms. The summed E-state index contributed by atoms with van der Waals surface area (Å²) in [6, 6.07) is 5.30. The zero-order valence-corrected chi connectivity index (χ0v) is 15.3. The molecule has 1 atom stereocenters. The molecular formula is C17H27N3OS2. The molecule has 0 aromatic carbocycles. The molecule has 0 unspecified atom stereocenters. The van der Waals surface area contributed by atoms with Crippen LogP contribution in [0.2, 0.25) is 0 Å². The largest absolute Gasteiger partial charge is 0.379 e. The molecule has 2 N–H and O–H groups in total. The molecule has 1 saturated carbocycles. The summed E-state index contributed by atoms with van der Waals surface area (Å²) in [5, 5.41) is 9.93. The average molecular weight is 354 g/mol. The summed E-state index contributed by atoms with van der Waals surface area (Å²) in [4.78, 5) is 3.91. The van der Waals surface area contributed by atoms with Crippen LogP contribution in [0.15, 0.2) is 17.5 Å². The van der Waals surface area contributed by atoms with Gasteiger partial charge in [0, 0.05) is 30.6 Å². The first kappa shape index (κ1) is 17.1. The first-order valence-corrected chi connectivity index (χ1v) is 10.0. The van der Waals surface area contributed by atoms with E-state index < -0.39 is 0 Å². The zero-order valence-electron chi connectivity index (χ0n) is 13.6. The lowest BCUT2D eigenvalue weighted by Crippen LogP contribution is -2.47. The highest BCUT2D eigenvalue weighted by Crippen LogP contribution is 2.25. The predicted molar refractivity (Wildman–Crippen MR) is 100 cm³/mol. The Hall–Kier alpha value is -0.690. The highest BCUT2D eigenvalue weighted by Gasteiger charge is 2.24. The average Bonchev–Trinajstić information content (AvgIpc) is 3.11. The lowest BCUT2D eigenvalue weighted by molar-refractivity contribution is 0.0177. The van der Waals surface area contributed by atoms with E-state index in [1.165, 1.54) is 37.0 Å². The van der Waals surface area contributed by atoms with Gasteiger partial charge < -0.3 is 15.4 Å². The quantitative estimate of drug-likeness (QED) is 0.796. The molecule has 2 fully saturated rings. The topological polar surface area (TPSA) is 36.5 Å². The number of hydrogen-bond acceptors (Lipinski definition) is 4. The molecule has 128 valence electrons. The van der Waals surface area contributed by atoms with Gasteiger partial charge in [-0.1, -0.05) is 25.3 Å². The fraction of sp³-hybridized carbons (Fsp3) is 0.706. The first-order valence-electron chi connectivity index (χ1n) is 8.72. The number of rotatable bonds is 5. The van der Waals surface area contributed by atoms with E-state index in [4.69, 9.17) is 17.0 Å². The van der Waals surface area contributed by atoms with Crippen molar-refractivity contribution in [2.24, 2.45) is 0 Å². The van der Waals surface area contributed by atoms with E-state index >= 15 is 0 Å². The second-order valence-electron chi connectivity index (χ2n) is 6.37. The van der Waals surface area contributed by atoms with Crippen molar-refractivity contribution < 1.29 is 4.74 Å². The Morgan fingerprint density at radius 3 is 2.78 bits per heavy atom. The Morgan fingerprint density at radius 2 is 2.09 bits per heavy atom. The van der Waals surface area contributed by atoms with Gasteiger partial charge in [-0.05, 0) is 36.5 Å². The fourth-order valence-corrected chi connectivity index (χ4v) is 4.56. The van der Waals surface area contributed by atoms with Gasteiger partial charge in [0.2, 0.25) is 0 Å². The molecule has 0 spiro atoms. The SMILES string of the molecule is S=C(NC[C@H](c1cccs1)N1CCOCC1)NC1CCCCC1. The van der Waals surface area contributed by atoms with E-state index in [1.807, 2.05) is 11.3 Å². The summed E-state index contributed by atoms with van der Waals surface area (Å²) in [5.41, 5.74) is 0. The van der Waals surface area contributed by atoms with E-state index in [0.717, 1.165) is 38.0 Å². The highest BCUT2D eigenvalue weighted by molar-refractivity contribution is 7.80. The summed E-state index contributed by atoms with van der Waals surface area (Å²) in [5.74, 6) is 0. The van der Waals surface area contributed by atoms with Crippen LogP contribution in [0.4, 0.5) is 0 Å². The van der Waals surface area contributed by atoms with Crippen molar-refractivity contribution in [1.82, 2.24) is 15.5 Å². The van der Waals surface area contributed by atoms with Gasteiger partial charge in [-0.3, -0.25) is 4.90 Å². The molecule has 0 bridgehead atoms. The minimum Gasteiger partial charge on any atom is -0.379 e. The van der Waals surface area contributed by atoms with Gasteiger partial charge in [-0.25, -0.2) is 0 Å². The van der Waals surface area contributed by atoms with Crippen LogP contribution in [0.5, 0.6) is 0 Å². The monoisotopic (exact) mass is 353 g/mol. The van der Waals surface area contributed by atoms with Crippen LogP contribution in [0.25, 0.3) is 0 Å². The molecule has 1 aromatic rings. The third-order valence-electron chi connectivity index (χ3n) is 4.75. The highest BCUT2D eigenvalue weighted by atomic mass is 32.1. The number of thiophene rings is 1. The number of morpholine rings is 1. The van der Waals surface area contributed by atoms with Crippen LogP contribution in [0, 0.1) is 0 Å². The molecule has 1 saturated heterocycles. The van der Waals surface area contributed by atoms with Crippen LogP contribution in [-0.4, -0.2) is 48.9 Å². The Labute approximate surface area is 148 Å². The molecule has 2 heterocycles. The van der Waals surface area contributed by atoms with E-state index in [-0.39, 0.29) is 0 Å². The summed E-state index contributed by atoms with van der Waals surface area (Å²) in [7, 11) is 0. The van der Waals surface area contributed by atoms with Crippen molar-refractivity contribution >= 4 is 28.7 Å². The van der Waals surface area contributed by atoms with Gasteiger partial charge in [0.1, 0.15) is 0 Å². The second-order valence-corrected chi connectivity index (χ2v) is 7.76. The third kappa shape index (κ3) is 5.14. The van der Waals surface area contributed by atoms with Crippen molar-refractivity contribution in [2.45, 2.75) is 44.2 Å². The van der Waals surface area contributed by atoms with Crippen LogP contribution in [0.3, 0.4) is 0 Å². The molecule has 0 radical (unpaired) electrons. The Kier molecular flexibility index (Phi) is 6.68. The van der Waals surface area contributed by atoms with Crippen LogP contribution < -0.4 is 10.6 Å². The smallest absolute Gasteiger partial charge is 0.166 e. The number of thiocarbonyl (C=S) groups is 1. The lowest BCUT2D eigenvalue weighted by Gasteiger charge is -2.34. The van der Waals surface area contributed by atoms with E-state index in [0.29, 0.717) is 12.1 Å². The normalized spacial score (nSPS) is 21.7. The maximum atomic E-state index is 5.52. The number of ether oxygens (including phenoxy) is 1. The van der Waals surface area contributed by atoms with Gasteiger partial charge in [0.25, 0.3) is 0 Å². The molecule has 3 rings (SSSR count). The van der Waals surface area contributed by atoms with E-state index in [1.54, 1.807) is 0 Å². The second kappa shape index (κ2) is 8.97. The van der Waals surface area contributed by atoms with Crippen molar-refractivity contribution in [2.75, 3.05) is 32.8 Å². The molecule has 1 aliphatic heterocycles. The van der Waals surface area contributed by atoms with Crippen LogP contribution in [-0.2, 0) is 4.74 Å². The zero-order chi connectivity index (χ0) is 15.9. The third-order valence-corrected chi connectivity index (χ3v) is 5.99. The van der Waals surface area contributed by atoms with Crippen LogP contribution >= 0.6 is 23.6 Å². The Balaban J connectivity index is 1.52. The lowest BCUT2D eigenvalue weighted by atomic mass is 9.96. The van der Waals surface area contributed by atoms with Crippen molar-refractivity contribution in [3.63, 3.8) is 0 Å². The number of nitrogens with zero attached hydrogens (tertiary/aromatic N) is 1. The number of nitrogens with one attached hydrogen (secondary N) is 2. The molecule has 1 aromatic heterocycles. The summed E-state index contributed by atoms with van der Waals surface area (Å²) in [6.07, 6.45) is 6.52. The van der Waals surface area contributed by atoms with Crippen LogP contribution in [0.1, 0.15) is 43.0 Å². The molecule has 4 nitrogen and oxygen atoms in total. The maximum absolute atomic E-state index is 5.52. The van der Waals surface area contributed by atoms with Gasteiger partial charge in [-0.15, -0.1) is 11.3 Å². The molecule has 1 aliphatic carbocycles. The summed E-state index contributed by atoms with van der Waals surface area (Å²) in [6.45, 7) is 4.50. The summed E-state index contributed by atoms with van der Waals surface area (Å²) < 4.78 is 5.50. The van der Waals surface area contributed by atoms with Gasteiger partial charge in [0.05, 0.1) is 19.3 Å².